The Morgan fingerprint density at radius 3 is 2.75 bits per heavy atom. The summed E-state index contributed by atoms with van der Waals surface area (Å²) in [5, 5.41) is 2.91. The Balaban J connectivity index is 1.54. The Labute approximate surface area is 138 Å². The number of carbonyl (C=O) groups is 1. The van der Waals surface area contributed by atoms with Gasteiger partial charge in [-0.1, -0.05) is 24.3 Å². The van der Waals surface area contributed by atoms with Crippen LogP contribution in [0, 0.1) is 0 Å². The van der Waals surface area contributed by atoms with Gasteiger partial charge in [0, 0.05) is 12.4 Å². The van der Waals surface area contributed by atoms with Crippen LogP contribution in [-0.2, 0) is 4.79 Å². The molecule has 1 N–H and O–H groups in total. The van der Waals surface area contributed by atoms with Gasteiger partial charge in [-0.3, -0.25) is 4.79 Å². The smallest absolute Gasteiger partial charge is 0.269 e. The zero-order chi connectivity index (χ0) is 16.4. The average molecular weight is 321 g/mol. The molecule has 4 rings (SSSR count). The molecule has 0 radical (unpaired) electrons. The summed E-state index contributed by atoms with van der Waals surface area (Å²) < 4.78 is 13.2. The van der Waals surface area contributed by atoms with E-state index in [-0.39, 0.29) is 12.5 Å². The summed E-state index contributed by atoms with van der Waals surface area (Å²) in [4.78, 5) is 16.6. The Morgan fingerprint density at radius 1 is 1.12 bits per heavy atom. The van der Waals surface area contributed by atoms with E-state index in [1.54, 1.807) is 18.6 Å². The van der Waals surface area contributed by atoms with Crippen molar-refractivity contribution in [3.63, 3.8) is 0 Å². The minimum absolute atomic E-state index is 0.177. The lowest BCUT2D eigenvalue weighted by atomic mass is 10.2. The van der Waals surface area contributed by atoms with E-state index in [0.717, 1.165) is 5.69 Å². The van der Waals surface area contributed by atoms with Gasteiger partial charge in [0.05, 0.1) is 17.7 Å². The van der Waals surface area contributed by atoms with Crippen LogP contribution in [0.2, 0.25) is 0 Å². The molecule has 24 heavy (non-hydrogen) atoms. The molecule has 1 amide bonds. The summed E-state index contributed by atoms with van der Waals surface area (Å²) in [6, 6.07) is 14.8. The summed E-state index contributed by atoms with van der Waals surface area (Å²) in [5.74, 6) is 0.976. The maximum atomic E-state index is 12.6. The molecule has 0 aliphatic carbocycles. The topological polar surface area (TPSA) is 65.4 Å². The first-order chi connectivity index (χ1) is 11.8. The minimum Gasteiger partial charge on any atom is -0.485 e. The van der Waals surface area contributed by atoms with Crippen LogP contribution in [0.1, 0.15) is 0 Å². The first kappa shape index (κ1) is 14.3. The fourth-order valence-corrected chi connectivity index (χ4v) is 2.57. The molecule has 1 aliphatic heterocycles. The van der Waals surface area contributed by atoms with Crippen LogP contribution in [0.3, 0.4) is 0 Å². The lowest BCUT2D eigenvalue weighted by Gasteiger charge is -2.25. The highest BCUT2D eigenvalue weighted by Crippen LogP contribution is 2.31. The number of imidazole rings is 1. The number of amides is 1. The molecule has 120 valence electrons. The van der Waals surface area contributed by atoms with Crippen molar-refractivity contribution in [2.24, 2.45) is 0 Å². The van der Waals surface area contributed by atoms with Gasteiger partial charge in [0.25, 0.3) is 5.91 Å². The predicted octanol–water partition coefficient (Wildman–Crippen LogP) is 2.65. The van der Waals surface area contributed by atoms with E-state index >= 15 is 0 Å². The van der Waals surface area contributed by atoms with Crippen LogP contribution >= 0.6 is 0 Å². The molecule has 2 aromatic carbocycles. The summed E-state index contributed by atoms with van der Waals surface area (Å²) in [5.41, 5.74) is 1.52. The van der Waals surface area contributed by atoms with Crippen LogP contribution in [0.4, 0.5) is 5.69 Å². The van der Waals surface area contributed by atoms with Crippen LogP contribution in [0.25, 0.3) is 5.69 Å². The maximum Gasteiger partial charge on any atom is 0.269 e. The highest BCUT2D eigenvalue weighted by atomic mass is 16.6. The van der Waals surface area contributed by atoms with Gasteiger partial charge >= 0.3 is 0 Å². The SMILES string of the molecule is O=C(Nc1ccccc1-n1ccnc1)[C@H]1COc2ccccc2O1. The van der Waals surface area contributed by atoms with Crippen molar-refractivity contribution in [1.82, 2.24) is 9.55 Å². The maximum absolute atomic E-state index is 12.6. The summed E-state index contributed by atoms with van der Waals surface area (Å²) in [6.07, 6.45) is 4.49. The Bertz CT molecular complexity index is 861. The Hall–Kier alpha value is -3.28. The lowest BCUT2D eigenvalue weighted by molar-refractivity contribution is -0.125. The lowest BCUT2D eigenvalue weighted by Crippen LogP contribution is -2.40. The highest BCUT2D eigenvalue weighted by Gasteiger charge is 2.27. The third-order valence-electron chi connectivity index (χ3n) is 3.75. The molecule has 0 spiro atoms. The number of aromatic nitrogens is 2. The van der Waals surface area contributed by atoms with E-state index in [9.17, 15) is 4.79 Å². The molecule has 6 nitrogen and oxygen atoms in total. The van der Waals surface area contributed by atoms with Gasteiger partial charge in [0.2, 0.25) is 6.10 Å². The molecule has 3 aromatic rings. The van der Waals surface area contributed by atoms with E-state index in [1.807, 2.05) is 53.2 Å². The van der Waals surface area contributed by atoms with Crippen LogP contribution < -0.4 is 14.8 Å². The number of nitrogens with zero attached hydrogens (tertiary/aromatic N) is 2. The van der Waals surface area contributed by atoms with Gasteiger partial charge in [-0.25, -0.2) is 4.98 Å². The average Bonchev–Trinajstić information content (AvgIpc) is 3.16. The molecule has 0 bridgehead atoms. The molecule has 0 unspecified atom stereocenters. The third-order valence-corrected chi connectivity index (χ3v) is 3.75. The van der Waals surface area contributed by atoms with Gasteiger partial charge in [-0.05, 0) is 24.3 Å². The van der Waals surface area contributed by atoms with Gasteiger partial charge < -0.3 is 19.4 Å². The van der Waals surface area contributed by atoms with Gasteiger partial charge in [0.1, 0.15) is 6.61 Å². The molecule has 1 aliphatic rings. The fraction of sp³-hybridized carbons (Fsp3) is 0.111. The number of benzene rings is 2. The van der Waals surface area contributed by atoms with E-state index in [1.165, 1.54) is 0 Å². The van der Waals surface area contributed by atoms with Crippen molar-refractivity contribution in [2.75, 3.05) is 11.9 Å². The number of ether oxygens (including phenoxy) is 2. The number of hydrogen-bond acceptors (Lipinski definition) is 4. The van der Waals surface area contributed by atoms with Crippen LogP contribution in [0.5, 0.6) is 11.5 Å². The predicted molar refractivity (Wildman–Crippen MR) is 88.5 cm³/mol. The zero-order valence-electron chi connectivity index (χ0n) is 12.8. The highest BCUT2D eigenvalue weighted by molar-refractivity contribution is 5.96. The van der Waals surface area contributed by atoms with Crippen molar-refractivity contribution >= 4 is 11.6 Å². The van der Waals surface area contributed by atoms with Crippen molar-refractivity contribution < 1.29 is 14.3 Å². The molecule has 1 atom stereocenters. The normalized spacial score (nSPS) is 15.8. The molecule has 0 saturated heterocycles. The number of nitrogens with one attached hydrogen (secondary N) is 1. The van der Waals surface area contributed by atoms with E-state index < -0.39 is 6.10 Å². The standard InChI is InChI=1S/C18H15N3O3/c22-18(17-11-23-15-7-3-4-8-16(15)24-17)20-13-5-1-2-6-14(13)21-10-9-19-12-21/h1-10,12,17H,11H2,(H,20,22)/t17-/m1/s1. The monoisotopic (exact) mass is 321 g/mol. The molecular weight excluding hydrogens is 306 g/mol. The quantitative estimate of drug-likeness (QED) is 0.805. The Morgan fingerprint density at radius 2 is 1.92 bits per heavy atom. The number of hydrogen-bond donors (Lipinski definition) is 1. The Kier molecular flexibility index (Phi) is 3.63. The van der Waals surface area contributed by atoms with E-state index in [2.05, 4.69) is 10.3 Å². The number of rotatable bonds is 3. The second-order valence-corrected chi connectivity index (χ2v) is 5.34. The number of anilines is 1. The van der Waals surface area contributed by atoms with Gasteiger partial charge in [-0.2, -0.15) is 0 Å². The van der Waals surface area contributed by atoms with E-state index in [0.29, 0.717) is 17.2 Å². The minimum atomic E-state index is -0.698. The van der Waals surface area contributed by atoms with Crippen molar-refractivity contribution in [1.29, 1.82) is 0 Å². The first-order valence-corrected chi connectivity index (χ1v) is 7.58. The van der Waals surface area contributed by atoms with Crippen molar-refractivity contribution in [3.8, 4) is 17.2 Å². The van der Waals surface area contributed by atoms with Crippen LogP contribution in [-0.4, -0.2) is 28.2 Å². The molecule has 1 aromatic heterocycles. The fourth-order valence-electron chi connectivity index (χ4n) is 2.57. The third kappa shape index (κ3) is 2.69. The summed E-state index contributed by atoms with van der Waals surface area (Å²) in [6.45, 7) is 0.177. The summed E-state index contributed by atoms with van der Waals surface area (Å²) >= 11 is 0. The first-order valence-electron chi connectivity index (χ1n) is 7.58. The molecule has 6 heteroatoms. The van der Waals surface area contributed by atoms with Crippen molar-refractivity contribution in [2.45, 2.75) is 6.10 Å². The molecular formula is C18H15N3O3. The zero-order valence-corrected chi connectivity index (χ0v) is 12.8. The number of fused-ring (bicyclic) bond motifs is 1. The molecule has 2 heterocycles. The molecule has 0 fully saturated rings. The summed E-state index contributed by atoms with van der Waals surface area (Å²) in [7, 11) is 0. The van der Waals surface area contributed by atoms with Crippen LogP contribution in [0.15, 0.2) is 67.3 Å². The van der Waals surface area contributed by atoms with Gasteiger partial charge in [0.15, 0.2) is 11.5 Å². The number of para-hydroxylation sites is 4. The largest absolute Gasteiger partial charge is 0.485 e. The number of carbonyl (C=O) groups excluding carboxylic acids is 1. The van der Waals surface area contributed by atoms with Crippen molar-refractivity contribution in [3.05, 3.63) is 67.3 Å². The molecule has 0 saturated carbocycles. The second-order valence-electron chi connectivity index (χ2n) is 5.34. The van der Waals surface area contributed by atoms with E-state index in [4.69, 9.17) is 9.47 Å². The van der Waals surface area contributed by atoms with Gasteiger partial charge in [-0.15, -0.1) is 0 Å². The second kappa shape index (κ2) is 6.08.